The van der Waals surface area contributed by atoms with Gasteiger partial charge in [0.15, 0.2) is 0 Å². The molecule has 1 amide bonds. The Labute approximate surface area is 135 Å². The van der Waals surface area contributed by atoms with Crippen molar-refractivity contribution in [2.75, 3.05) is 0 Å². The van der Waals surface area contributed by atoms with Crippen LogP contribution in [0.4, 0.5) is 0 Å². The molecule has 3 aromatic rings. The Morgan fingerprint density at radius 1 is 1.09 bits per heavy atom. The lowest BCUT2D eigenvalue weighted by atomic mass is 10.3. The number of aryl methyl sites for hydroxylation is 1. The molecule has 0 aliphatic rings. The standard InChI is InChI=1S/C16H15N3O3S/c1-18-12-6-2-3-7-13(12)19(16(22)15(18)21)10-14(20)17-9-11-5-4-8-23-11/h2-8H,9-10H2,1H3,(H,17,20). The predicted molar refractivity (Wildman–Crippen MR) is 89.6 cm³/mol. The summed E-state index contributed by atoms with van der Waals surface area (Å²) in [7, 11) is 1.55. The zero-order valence-corrected chi connectivity index (χ0v) is 13.3. The van der Waals surface area contributed by atoms with Crippen molar-refractivity contribution in [2.24, 2.45) is 7.05 Å². The van der Waals surface area contributed by atoms with Gasteiger partial charge in [0.1, 0.15) is 6.54 Å². The Bertz CT molecular complexity index is 970. The van der Waals surface area contributed by atoms with Crippen molar-refractivity contribution in [3.63, 3.8) is 0 Å². The maximum Gasteiger partial charge on any atom is 0.317 e. The summed E-state index contributed by atoms with van der Waals surface area (Å²) in [5, 5.41) is 4.69. The van der Waals surface area contributed by atoms with E-state index in [9.17, 15) is 14.4 Å². The molecule has 2 heterocycles. The zero-order valence-electron chi connectivity index (χ0n) is 12.5. The molecule has 0 unspecified atom stereocenters. The number of nitrogens with zero attached hydrogens (tertiary/aromatic N) is 2. The van der Waals surface area contributed by atoms with Crippen molar-refractivity contribution in [1.29, 1.82) is 0 Å². The Balaban J connectivity index is 1.92. The fraction of sp³-hybridized carbons (Fsp3) is 0.188. The van der Waals surface area contributed by atoms with E-state index in [1.165, 1.54) is 9.13 Å². The number of fused-ring (bicyclic) bond motifs is 1. The van der Waals surface area contributed by atoms with Gasteiger partial charge in [0.25, 0.3) is 0 Å². The van der Waals surface area contributed by atoms with Crippen molar-refractivity contribution in [3.8, 4) is 0 Å². The first-order valence-electron chi connectivity index (χ1n) is 7.05. The van der Waals surface area contributed by atoms with E-state index in [0.29, 0.717) is 17.6 Å². The van der Waals surface area contributed by atoms with E-state index >= 15 is 0 Å². The molecule has 0 bridgehead atoms. The van der Waals surface area contributed by atoms with Crippen molar-refractivity contribution < 1.29 is 4.79 Å². The number of nitrogens with one attached hydrogen (secondary N) is 1. The number of thiophene rings is 1. The lowest BCUT2D eigenvalue weighted by molar-refractivity contribution is -0.121. The van der Waals surface area contributed by atoms with E-state index in [0.717, 1.165) is 4.88 Å². The Hall–Kier alpha value is -2.67. The highest BCUT2D eigenvalue weighted by molar-refractivity contribution is 7.09. The van der Waals surface area contributed by atoms with Crippen LogP contribution in [0.25, 0.3) is 11.0 Å². The quantitative estimate of drug-likeness (QED) is 0.728. The van der Waals surface area contributed by atoms with Gasteiger partial charge in [-0.05, 0) is 23.6 Å². The number of aromatic nitrogens is 2. The van der Waals surface area contributed by atoms with Gasteiger partial charge >= 0.3 is 11.1 Å². The fourth-order valence-electron chi connectivity index (χ4n) is 2.41. The normalized spacial score (nSPS) is 10.8. The summed E-state index contributed by atoms with van der Waals surface area (Å²) in [6.45, 7) is 0.231. The van der Waals surface area contributed by atoms with Crippen LogP contribution in [0.1, 0.15) is 4.88 Å². The van der Waals surface area contributed by atoms with Crippen LogP contribution in [0.3, 0.4) is 0 Å². The first-order chi connectivity index (χ1) is 11.1. The number of hydrogen-bond donors (Lipinski definition) is 1. The van der Waals surface area contributed by atoms with E-state index < -0.39 is 11.1 Å². The van der Waals surface area contributed by atoms with Crippen LogP contribution in [-0.2, 0) is 24.9 Å². The largest absolute Gasteiger partial charge is 0.350 e. The van der Waals surface area contributed by atoms with Crippen LogP contribution < -0.4 is 16.4 Å². The molecule has 0 radical (unpaired) electrons. The molecular weight excluding hydrogens is 314 g/mol. The highest BCUT2D eigenvalue weighted by Crippen LogP contribution is 2.10. The van der Waals surface area contributed by atoms with Crippen LogP contribution in [0.2, 0.25) is 0 Å². The molecule has 2 aromatic heterocycles. The Morgan fingerprint density at radius 3 is 2.52 bits per heavy atom. The minimum Gasteiger partial charge on any atom is -0.350 e. The number of carbonyl (C=O) groups is 1. The Morgan fingerprint density at radius 2 is 1.83 bits per heavy atom. The van der Waals surface area contributed by atoms with Gasteiger partial charge in [0.2, 0.25) is 5.91 Å². The van der Waals surface area contributed by atoms with Crippen LogP contribution in [0.5, 0.6) is 0 Å². The van der Waals surface area contributed by atoms with E-state index in [2.05, 4.69) is 5.32 Å². The maximum absolute atomic E-state index is 12.2. The summed E-state index contributed by atoms with van der Waals surface area (Å²) in [4.78, 5) is 37.4. The molecule has 0 saturated heterocycles. The number of carbonyl (C=O) groups excluding carboxylic acids is 1. The molecule has 0 fully saturated rings. The van der Waals surface area contributed by atoms with Gasteiger partial charge < -0.3 is 9.88 Å². The third-order valence-corrected chi connectivity index (χ3v) is 4.48. The van der Waals surface area contributed by atoms with Crippen LogP contribution >= 0.6 is 11.3 Å². The van der Waals surface area contributed by atoms with Crippen molar-refractivity contribution in [1.82, 2.24) is 14.5 Å². The third-order valence-electron chi connectivity index (χ3n) is 3.61. The van der Waals surface area contributed by atoms with Gasteiger partial charge in [-0.2, -0.15) is 0 Å². The highest BCUT2D eigenvalue weighted by Gasteiger charge is 2.13. The van der Waals surface area contributed by atoms with Gasteiger partial charge in [-0.3, -0.25) is 19.0 Å². The average molecular weight is 329 g/mol. The van der Waals surface area contributed by atoms with Gasteiger partial charge in [-0.15, -0.1) is 11.3 Å². The van der Waals surface area contributed by atoms with Crippen LogP contribution in [-0.4, -0.2) is 15.0 Å². The predicted octanol–water partition coefficient (Wildman–Crippen LogP) is 1.08. The second-order valence-corrected chi connectivity index (χ2v) is 6.13. The smallest absolute Gasteiger partial charge is 0.317 e. The van der Waals surface area contributed by atoms with E-state index in [1.54, 1.807) is 42.6 Å². The molecular formula is C16H15N3O3S. The monoisotopic (exact) mass is 329 g/mol. The minimum atomic E-state index is -0.697. The van der Waals surface area contributed by atoms with Crippen molar-refractivity contribution in [3.05, 3.63) is 67.4 Å². The second kappa shape index (κ2) is 6.21. The molecule has 7 heteroatoms. The zero-order chi connectivity index (χ0) is 16.4. The summed E-state index contributed by atoms with van der Waals surface area (Å²) < 4.78 is 2.53. The molecule has 0 saturated carbocycles. The summed E-state index contributed by atoms with van der Waals surface area (Å²) in [6, 6.07) is 10.9. The summed E-state index contributed by atoms with van der Waals surface area (Å²) in [5.74, 6) is -0.307. The molecule has 0 aliphatic heterocycles. The number of amides is 1. The lowest BCUT2D eigenvalue weighted by Crippen LogP contribution is -2.43. The third kappa shape index (κ3) is 2.95. The molecule has 6 nitrogen and oxygen atoms in total. The maximum atomic E-state index is 12.2. The molecule has 0 atom stereocenters. The van der Waals surface area contributed by atoms with Crippen molar-refractivity contribution in [2.45, 2.75) is 13.1 Å². The van der Waals surface area contributed by atoms with Crippen LogP contribution in [0, 0.1) is 0 Å². The first kappa shape index (κ1) is 15.2. The number of para-hydroxylation sites is 2. The van der Waals surface area contributed by atoms with Gasteiger partial charge in [-0.25, -0.2) is 0 Å². The van der Waals surface area contributed by atoms with Gasteiger partial charge in [0, 0.05) is 11.9 Å². The molecule has 1 aromatic carbocycles. The molecule has 118 valence electrons. The van der Waals surface area contributed by atoms with E-state index in [1.807, 2.05) is 17.5 Å². The molecule has 1 N–H and O–H groups in total. The average Bonchev–Trinajstić information content (AvgIpc) is 3.08. The molecule has 23 heavy (non-hydrogen) atoms. The SMILES string of the molecule is Cn1c(=O)c(=O)n(CC(=O)NCc2cccs2)c2ccccc21. The first-order valence-corrected chi connectivity index (χ1v) is 7.93. The summed E-state index contributed by atoms with van der Waals surface area (Å²) >= 11 is 1.54. The Kier molecular flexibility index (Phi) is 4.12. The number of hydrogen-bond acceptors (Lipinski definition) is 4. The highest BCUT2D eigenvalue weighted by atomic mass is 32.1. The number of rotatable bonds is 4. The summed E-state index contributed by atoms with van der Waals surface area (Å²) in [6.07, 6.45) is 0. The second-order valence-electron chi connectivity index (χ2n) is 5.10. The van der Waals surface area contributed by atoms with Crippen LogP contribution in [0.15, 0.2) is 51.4 Å². The number of benzene rings is 1. The summed E-state index contributed by atoms with van der Waals surface area (Å²) in [5.41, 5.74) is -0.165. The van der Waals surface area contributed by atoms with Gasteiger partial charge in [0.05, 0.1) is 17.6 Å². The van der Waals surface area contributed by atoms with Gasteiger partial charge in [-0.1, -0.05) is 18.2 Å². The van der Waals surface area contributed by atoms with Crippen molar-refractivity contribution >= 4 is 28.3 Å². The fourth-order valence-corrected chi connectivity index (χ4v) is 3.05. The van der Waals surface area contributed by atoms with E-state index in [4.69, 9.17) is 0 Å². The minimum absolute atomic E-state index is 0.180. The lowest BCUT2D eigenvalue weighted by Gasteiger charge is -2.12. The topological polar surface area (TPSA) is 73.1 Å². The molecule has 0 aliphatic carbocycles. The molecule has 0 spiro atoms. The van der Waals surface area contributed by atoms with E-state index in [-0.39, 0.29) is 12.5 Å². The molecule has 3 rings (SSSR count).